The van der Waals surface area contributed by atoms with Crippen molar-refractivity contribution in [1.29, 1.82) is 0 Å². The molecule has 1 heterocycles. The van der Waals surface area contributed by atoms with Crippen LogP contribution in [-0.4, -0.2) is 9.55 Å². The summed E-state index contributed by atoms with van der Waals surface area (Å²) in [5.74, 6) is 0.978. The van der Waals surface area contributed by atoms with Crippen LogP contribution in [0.2, 0.25) is 0 Å². The van der Waals surface area contributed by atoms with Gasteiger partial charge in [-0.1, -0.05) is 19.3 Å². The molecule has 0 saturated heterocycles. The highest BCUT2D eigenvalue weighted by molar-refractivity contribution is 5.25. The van der Waals surface area contributed by atoms with Crippen molar-refractivity contribution in [2.24, 2.45) is 5.92 Å². The molecule has 0 aliphatic heterocycles. The fraction of sp³-hybridized carbons (Fsp3) is 0.600. The number of aromatic amines is 1. The predicted molar refractivity (Wildman–Crippen MR) is 57.7 cm³/mol. The lowest BCUT2D eigenvalue weighted by Gasteiger charge is -2.25. The van der Waals surface area contributed by atoms with Gasteiger partial charge in [-0.15, -0.1) is 0 Å². The number of aromatic nitrogens is 2. The topological polar surface area (TPSA) is 80.9 Å². The van der Waals surface area contributed by atoms with Crippen LogP contribution in [0, 0.1) is 5.92 Å². The lowest BCUT2D eigenvalue weighted by atomic mass is 9.83. The van der Waals surface area contributed by atoms with Crippen molar-refractivity contribution in [2.45, 2.75) is 32.2 Å². The van der Waals surface area contributed by atoms with Gasteiger partial charge in [-0.25, -0.2) is 4.79 Å². The van der Waals surface area contributed by atoms with E-state index in [-0.39, 0.29) is 5.82 Å². The first-order chi connectivity index (χ1) is 7.16. The Morgan fingerprint density at radius 1 is 1.47 bits per heavy atom. The monoisotopic (exact) mass is 209 g/mol. The van der Waals surface area contributed by atoms with Crippen LogP contribution in [0.5, 0.6) is 0 Å². The van der Waals surface area contributed by atoms with Crippen LogP contribution in [0.15, 0.2) is 15.7 Å². The van der Waals surface area contributed by atoms with E-state index in [9.17, 15) is 9.59 Å². The Morgan fingerprint density at radius 2 is 2.20 bits per heavy atom. The molecule has 0 aromatic carbocycles. The Bertz CT molecular complexity index is 456. The third kappa shape index (κ3) is 2.11. The molecule has 15 heavy (non-hydrogen) atoms. The van der Waals surface area contributed by atoms with Crippen molar-refractivity contribution in [3.63, 3.8) is 0 Å². The first-order valence-electron chi connectivity index (χ1n) is 5.26. The number of nitrogens with zero attached hydrogens (tertiary/aromatic N) is 1. The maximum absolute atomic E-state index is 11.4. The van der Waals surface area contributed by atoms with Crippen LogP contribution in [0.3, 0.4) is 0 Å². The standard InChI is InChI=1S/C10H15N3O2/c11-8-6-9(14)12-10(15)13(8)5-4-7-2-1-3-7/h6-7H,1-5,11H2,(H,12,14,15). The zero-order valence-corrected chi connectivity index (χ0v) is 8.53. The van der Waals surface area contributed by atoms with E-state index >= 15 is 0 Å². The predicted octanol–water partition coefficient (Wildman–Crippen LogP) is 0.309. The lowest BCUT2D eigenvalue weighted by molar-refractivity contribution is 0.281. The molecule has 0 spiro atoms. The third-order valence-corrected chi connectivity index (χ3v) is 3.05. The number of H-pyrrole nitrogens is 1. The molecular weight excluding hydrogens is 194 g/mol. The molecule has 0 atom stereocenters. The van der Waals surface area contributed by atoms with E-state index in [1.807, 2.05) is 0 Å². The van der Waals surface area contributed by atoms with Gasteiger partial charge in [0.25, 0.3) is 5.56 Å². The van der Waals surface area contributed by atoms with Gasteiger partial charge in [0.2, 0.25) is 0 Å². The molecule has 0 radical (unpaired) electrons. The van der Waals surface area contributed by atoms with Crippen LogP contribution in [0.1, 0.15) is 25.7 Å². The molecule has 1 aliphatic carbocycles. The molecule has 3 N–H and O–H groups in total. The van der Waals surface area contributed by atoms with E-state index < -0.39 is 11.2 Å². The summed E-state index contributed by atoms with van der Waals surface area (Å²) < 4.78 is 1.43. The van der Waals surface area contributed by atoms with Gasteiger partial charge in [-0.05, 0) is 12.3 Å². The molecular formula is C10H15N3O2. The molecule has 1 aliphatic rings. The highest BCUT2D eigenvalue weighted by atomic mass is 16.2. The minimum Gasteiger partial charge on any atom is -0.385 e. The van der Waals surface area contributed by atoms with Gasteiger partial charge in [-0.3, -0.25) is 14.3 Å². The molecule has 1 saturated carbocycles. The second kappa shape index (κ2) is 3.92. The van der Waals surface area contributed by atoms with Gasteiger partial charge >= 0.3 is 5.69 Å². The number of nitrogen functional groups attached to an aromatic ring is 1. The van der Waals surface area contributed by atoms with Crippen molar-refractivity contribution in [3.05, 3.63) is 26.9 Å². The maximum Gasteiger partial charge on any atom is 0.329 e. The van der Waals surface area contributed by atoms with E-state index in [0.29, 0.717) is 6.54 Å². The molecule has 1 aromatic heterocycles. The minimum absolute atomic E-state index is 0.253. The van der Waals surface area contributed by atoms with E-state index in [2.05, 4.69) is 4.98 Å². The van der Waals surface area contributed by atoms with Gasteiger partial charge in [0, 0.05) is 12.6 Å². The molecule has 5 heteroatoms. The zero-order valence-electron chi connectivity index (χ0n) is 8.53. The van der Waals surface area contributed by atoms with Crippen molar-refractivity contribution in [3.8, 4) is 0 Å². The first kappa shape index (κ1) is 10.0. The largest absolute Gasteiger partial charge is 0.385 e. The van der Waals surface area contributed by atoms with Crippen molar-refractivity contribution in [1.82, 2.24) is 9.55 Å². The number of anilines is 1. The smallest absolute Gasteiger partial charge is 0.329 e. The summed E-state index contributed by atoms with van der Waals surface area (Å²) in [6.07, 6.45) is 4.76. The Kier molecular flexibility index (Phi) is 2.62. The van der Waals surface area contributed by atoms with E-state index in [1.165, 1.54) is 29.9 Å². The minimum atomic E-state index is -0.433. The van der Waals surface area contributed by atoms with E-state index in [1.54, 1.807) is 0 Å². The summed E-state index contributed by atoms with van der Waals surface area (Å²) in [6, 6.07) is 1.25. The summed E-state index contributed by atoms with van der Waals surface area (Å²) in [5, 5.41) is 0. The van der Waals surface area contributed by atoms with Crippen molar-refractivity contribution < 1.29 is 0 Å². The molecule has 82 valence electrons. The quantitative estimate of drug-likeness (QED) is 0.751. The summed E-state index contributed by atoms with van der Waals surface area (Å²) in [5.41, 5.74) is 4.77. The number of hydrogen-bond acceptors (Lipinski definition) is 3. The molecule has 5 nitrogen and oxygen atoms in total. The Labute approximate surface area is 86.9 Å². The Hall–Kier alpha value is -1.52. The van der Waals surface area contributed by atoms with Crippen LogP contribution in [0.4, 0.5) is 5.82 Å². The molecule has 1 fully saturated rings. The van der Waals surface area contributed by atoms with Crippen molar-refractivity contribution in [2.75, 3.05) is 5.73 Å². The molecule has 2 rings (SSSR count). The highest BCUT2D eigenvalue weighted by Gasteiger charge is 2.17. The van der Waals surface area contributed by atoms with Gasteiger partial charge < -0.3 is 5.73 Å². The van der Waals surface area contributed by atoms with Gasteiger partial charge in [0.1, 0.15) is 5.82 Å². The van der Waals surface area contributed by atoms with Gasteiger partial charge in [-0.2, -0.15) is 0 Å². The fourth-order valence-electron chi connectivity index (χ4n) is 1.86. The average Bonchev–Trinajstić information content (AvgIpc) is 2.06. The number of nitrogens with one attached hydrogen (secondary N) is 1. The number of rotatable bonds is 3. The third-order valence-electron chi connectivity index (χ3n) is 3.05. The lowest BCUT2D eigenvalue weighted by Crippen LogP contribution is -2.32. The first-order valence-corrected chi connectivity index (χ1v) is 5.26. The SMILES string of the molecule is Nc1cc(=O)[nH]c(=O)n1CCC1CCC1. The summed E-state index contributed by atoms with van der Waals surface area (Å²) in [6.45, 7) is 0.603. The molecule has 0 unspecified atom stereocenters. The Balaban J connectivity index is 2.13. The molecule has 1 aromatic rings. The van der Waals surface area contributed by atoms with Crippen molar-refractivity contribution >= 4 is 5.82 Å². The summed E-state index contributed by atoms with van der Waals surface area (Å²) in [7, 11) is 0. The van der Waals surface area contributed by atoms with Crippen LogP contribution in [-0.2, 0) is 6.54 Å². The van der Waals surface area contributed by atoms with Crippen LogP contribution in [0.25, 0.3) is 0 Å². The molecule has 0 amide bonds. The second-order valence-electron chi connectivity index (χ2n) is 4.10. The number of hydrogen-bond donors (Lipinski definition) is 2. The summed E-state index contributed by atoms with van der Waals surface area (Å²) >= 11 is 0. The molecule has 0 bridgehead atoms. The average molecular weight is 209 g/mol. The zero-order chi connectivity index (χ0) is 10.8. The second-order valence-corrected chi connectivity index (χ2v) is 4.10. The normalized spacial score (nSPS) is 16.3. The van der Waals surface area contributed by atoms with Gasteiger partial charge in [0.05, 0.1) is 0 Å². The van der Waals surface area contributed by atoms with Gasteiger partial charge in [0.15, 0.2) is 0 Å². The maximum atomic E-state index is 11.4. The van der Waals surface area contributed by atoms with Crippen LogP contribution < -0.4 is 17.0 Å². The number of nitrogens with two attached hydrogens (primary N) is 1. The van der Waals surface area contributed by atoms with E-state index in [0.717, 1.165) is 12.3 Å². The fourth-order valence-corrected chi connectivity index (χ4v) is 1.86. The highest BCUT2D eigenvalue weighted by Crippen LogP contribution is 2.29. The summed E-state index contributed by atoms with van der Waals surface area (Å²) in [4.78, 5) is 24.5. The Morgan fingerprint density at radius 3 is 2.73 bits per heavy atom. The van der Waals surface area contributed by atoms with E-state index in [4.69, 9.17) is 5.73 Å². The van der Waals surface area contributed by atoms with Crippen LogP contribution >= 0.6 is 0 Å².